The van der Waals surface area contributed by atoms with Crippen molar-refractivity contribution in [2.24, 2.45) is 5.92 Å². The molecule has 1 fully saturated rings. The van der Waals surface area contributed by atoms with Crippen molar-refractivity contribution in [3.05, 3.63) is 29.3 Å². The van der Waals surface area contributed by atoms with Crippen molar-refractivity contribution in [1.82, 2.24) is 4.31 Å². The predicted octanol–water partition coefficient (Wildman–Crippen LogP) is 1.82. The number of carboxylic acid groups (broad SMARTS) is 1. The molecule has 104 valence electrons. The van der Waals surface area contributed by atoms with Gasteiger partial charge in [0.25, 0.3) is 0 Å². The van der Waals surface area contributed by atoms with Crippen LogP contribution in [0.1, 0.15) is 13.3 Å². The first-order valence-corrected chi connectivity index (χ1v) is 7.66. The van der Waals surface area contributed by atoms with Crippen LogP contribution in [0.4, 0.5) is 0 Å². The van der Waals surface area contributed by atoms with Crippen LogP contribution in [-0.4, -0.2) is 36.4 Å². The Morgan fingerprint density at radius 2 is 2.16 bits per heavy atom. The van der Waals surface area contributed by atoms with Crippen molar-refractivity contribution in [2.45, 2.75) is 24.3 Å². The molecule has 0 bridgehead atoms. The lowest BCUT2D eigenvalue weighted by Gasteiger charge is -2.22. The lowest BCUT2D eigenvalue weighted by Crippen LogP contribution is -2.42. The molecule has 1 aliphatic heterocycles. The zero-order valence-corrected chi connectivity index (χ0v) is 11.9. The first-order chi connectivity index (χ1) is 8.84. The van der Waals surface area contributed by atoms with Gasteiger partial charge in [0.05, 0.1) is 4.90 Å². The molecule has 2 unspecified atom stereocenters. The first kappa shape index (κ1) is 14.3. The fourth-order valence-electron chi connectivity index (χ4n) is 2.31. The number of rotatable bonds is 3. The van der Waals surface area contributed by atoms with Gasteiger partial charge in [0.2, 0.25) is 10.0 Å². The van der Waals surface area contributed by atoms with Crippen molar-refractivity contribution in [2.75, 3.05) is 6.54 Å². The highest BCUT2D eigenvalue weighted by atomic mass is 35.5. The summed E-state index contributed by atoms with van der Waals surface area (Å²) in [7, 11) is -3.82. The van der Waals surface area contributed by atoms with Gasteiger partial charge < -0.3 is 5.11 Å². The summed E-state index contributed by atoms with van der Waals surface area (Å²) in [5.74, 6) is -1.32. The van der Waals surface area contributed by atoms with Crippen molar-refractivity contribution in [3.63, 3.8) is 0 Å². The van der Waals surface area contributed by atoms with Gasteiger partial charge in [-0.15, -0.1) is 0 Å². The molecule has 1 aromatic rings. The van der Waals surface area contributed by atoms with Crippen LogP contribution >= 0.6 is 11.6 Å². The molecule has 0 saturated carbocycles. The van der Waals surface area contributed by atoms with E-state index in [2.05, 4.69) is 0 Å². The molecule has 19 heavy (non-hydrogen) atoms. The number of carbonyl (C=O) groups is 1. The van der Waals surface area contributed by atoms with Crippen LogP contribution in [0.3, 0.4) is 0 Å². The summed E-state index contributed by atoms with van der Waals surface area (Å²) in [6, 6.07) is 4.85. The second kappa shape index (κ2) is 5.11. The number of benzene rings is 1. The fraction of sp³-hybridized carbons (Fsp3) is 0.417. The van der Waals surface area contributed by atoms with Crippen LogP contribution in [0, 0.1) is 5.92 Å². The molecule has 1 aliphatic rings. The zero-order valence-electron chi connectivity index (χ0n) is 10.3. The predicted molar refractivity (Wildman–Crippen MR) is 70.5 cm³/mol. The molecule has 2 rings (SSSR count). The van der Waals surface area contributed by atoms with E-state index in [1.54, 1.807) is 13.0 Å². The molecule has 1 heterocycles. The number of carboxylic acids is 1. The fourth-order valence-corrected chi connectivity index (χ4v) is 4.31. The van der Waals surface area contributed by atoms with Crippen LogP contribution in [0.15, 0.2) is 29.2 Å². The highest BCUT2D eigenvalue weighted by Gasteiger charge is 2.43. The summed E-state index contributed by atoms with van der Waals surface area (Å²) in [6.07, 6.45) is 0.538. The second-order valence-electron chi connectivity index (χ2n) is 4.62. The summed E-state index contributed by atoms with van der Waals surface area (Å²) in [5, 5.41) is 9.49. The number of hydrogen-bond donors (Lipinski definition) is 1. The van der Waals surface area contributed by atoms with Gasteiger partial charge in [-0.25, -0.2) is 8.42 Å². The third kappa shape index (κ3) is 2.61. The summed E-state index contributed by atoms with van der Waals surface area (Å²) >= 11 is 5.79. The molecule has 1 aromatic carbocycles. The molecular weight excluding hydrogens is 290 g/mol. The SMILES string of the molecule is CC1CCN(S(=O)(=O)c2cccc(Cl)c2)C1C(=O)O. The van der Waals surface area contributed by atoms with E-state index < -0.39 is 22.0 Å². The third-order valence-corrected chi connectivity index (χ3v) is 5.42. The van der Waals surface area contributed by atoms with Gasteiger partial charge in [0, 0.05) is 11.6 Å². The van der Waals surface area contributed by atoms with E-state index in [0.717, 1.165) is 4.31 Å². The Morgan fingerprint density at radius 1 is 1.47 bits per heavy atom. The van der Waals surface area contributed by atoms with Crippen LogP contribution < -0.4 is 0 Å². The van der Waals surface area contributed by atoms with Crippen LogP contribution in [-0.2, 0) is 14.8 Å². The van der Waals surface area contributed by atoms with E-state index >= 15 is 0 Å². The quantitative estimate of drug-likeness (QED) is 0.924. The van der Waals surface area contributed by atoms with E-state index in [0.29, 0.717) is 11.4 Å². The van der Waals surface area contributed by atoms with Crippen molar-refractivity contribution in [1.29, 1.82) is 0 Å². The maximum atomic E-state index is 12.5. The van der Waals surface area contributed by atoms with Crippen molar-refractivity contribution in [3.8, 4) is 0 Å². The number of aliphatic carboxylic acids is 1. The van der Waals surface area contributed by atoms with Gasteiger partial charge in [-0.1, -0.05) is 24.6 Å². The largest absolute Gasteiger partial charge is 0.480 e. The Hall–Kier alpha value is -1.11. The molecule has 0 aliphatic carbocycles. The first-order valence-electron chi connectivity index (χ1n) is 5.84. The number of sulfonamides is 1. The molecule has 0 aromatic heterocycles. The van der Waals surface area contributed by atoms with Gasteiger partial charge in [-0.3, -0.25) is 4.79 Å². The topological polar surface area (TPSA) is 74.7 Å². The van der Waals surface area contributed by atoms with Crippen LogP contribution in [0.2, 0.25) is 5.02 Å². The van der Waals surface area contributed by atoms with E-state index in [1.807, 2.05) is 0 Å². The van der Waals surface area contributed by atoms with Gasteiger partial charge in [-0.2, -0.15) is 4.31 Å². The number of hydrogen-bond acceptors (Lipinski definition) is 3. The minimum Gasteiger partial charge on any atom is -0.480 e. The Morgan fingerprint density at radius 3 is 2.74 bits per heavy atom. The number of nitrogens with zero attached hydrogens (tertiary/aromatic N) is 1. The lowest BCUT2D eigenvalue weighted by molar-refractivity contribution is -0.141. The maximum absolute atomic E-state index is 12.5. The maximum Gasteiger partial charge on any atom is 0.322 e. The molecule has 2 atom stereocenters. The van der Waals surface area contributed by atoms with Gasteiger partial charge >= 0.3 is 5.97 Å². The highest BCUT2D eigenvalue weighted by Crippen LogP contribution is 2.30. The highest BCUT2D eigenvalue weighted by molar-refractivity contribution is 7.89. The monoisotopic (exact) mass is 303 g/mol. The number of halogens is 1. The van der Waals surface area contributed by atoms with Crippen molar-refractivity contribution >= 4 is 27.6 Å². The summed E-state index contributed by atoms with van der Waals surface area (Å²) < 4.78 is 25.9. The lowest BCUT2D eigenvalue weighted by atomic mass is 10.0. The van der Waals surface area contributed by atoms with E-state index in [-0.39, 0.29) is 17.4 Å². The molecule has 0 amide bonds. The molecule has 0 radical (unpaired) electrons. The minimum atomic E-state index is -3.82. The van der Waals surface area contributed by atoms with Crippen LogP contribution in [0.5, 0.6) is 0 Å². The zero-order chi connectivity index (χ0) is 14.2. The van der Waals surface area contributed by atoms with Crippen LogP contribution in [0.25, 0.3) is 0 Å². The smallest absolute Gasteiger partial charge is 0.322 e. The Kier molecular flexibility index (Phi) is 3.85. The summed E-state index contributed by atoms with van der Waals surface area (Å²) in [4.78, 5) is 11.3. The third-order valence-electron chi connectivity index (χ3n) is 3.31. The Balaban J connectivity index is 2.42. The molecule has 7 heteroatoms. The molecule has 5 nitrogen and oxygen atoms in total. The average molecular weight is 304 g/mol. The summed E-state index contributed by atoms with van der Waals surface area (Å²) in [6.45, 7) is 1.96. The minimum absolute atomic E-state index is 0.0281. The van der Waals surface area contributed by atoms with Gasteiger partial charge in [0.1, 0.15) is 6.04 Å². The Bertz CT molecular complexity index is 602. The van der Waals surface area contributed by atoms with Crippen molar-refractivity contribution < 1.29 is 18.3 Å². The molecule has 1 saturated heterocycles. The molecule has 1 N–H and O–H groups in total. The van der Waals surface area contributed by atoms with E-state index in [4.69, 9.17) is 11.6 Å². The Labute approximate surface area is 116 Å². The van der Waals surface area contributed by atoms with E-state index in [9.17, 15) is 18.3 Å². The normalized spacial score (nSPS) is 24.5. The van der Waals surface area contributed by atoms with Gasteiger partial charge in [0.15, 0.2) is 0 Å². The standard InChI is InChI=1S/C12H14ClNO4S/c1-8-5-6-14(11(8)12(15)16)19(17,18)10-4-2-3-9(13)7-10/h2-4,7-8,11H,5-6H2,1H3,(H,15,16). The molecule has 0 spiro atoms. The van der Waals surface area contributed by atoms with Gasteiger partial charge in [-0.05, 0) is 30.5 Å². The van der Waals surface area contributed by atoms with E-state index in [1.165, 1.54) is 18.2 Å². The average Bonchev–Trinajstić information content (AvgIpc) is 2.72. The molecular formula is C12H14ClNO4S. The summed E-state index contributed by atoms with van der Waals surface area (Å²) in [5.41, 5.74) is 0. The second-order valence-corrected chi connectivity index (χ2v) is 6.95.